The Labute approximate surface area is 197 Å². The molecule has 0 bridgehead atoms. The first-order valence-electron chi connectivity index (χ1n) is 10.7. The van der Waals surface area contributed by atoms with Gasteiger partial charge in [0.05, 0.1) is 13.2 Å². The Bertz CT molecular complexity index is 1410. The number of nitrogens with one attached hydrogen (secondary N) is 2. The highest BCUT2D eigenvalue weighted by atomic mass is 35.5. The standard InChI is InChI=1S/C25H23ClN2O4S/c26-20-7-5-16(6-8-20)18-11-17-9-10-32-25(17)24(13-18)33(30,31)28-21(15-29)12-19-14-27-23-4-2-1-3-22(19)23/h1-8,11,13-14,21,27-29H,9-10,12,15H2/t21-/m1/s1. The van der Waals surface area contributed by atoms with E-state index in [4.69, 9.17) is 16.3 Å². The zero-order chi connectivity index (χ0) is 23.0. The second-order valence-electron chi connectivity index (χ2n) is 8.13. The molecule has 2 heterocycles. The maximum absolute atomic E-state index is 13.5. The average Bonchev–Trinajstić information content (AvgIpc) is 3.45. The van der Waals surface area contributed by atoms with Gasteiger partial charge in [-0.3, -0.25) is 0 Å². The van der Waals surface area contributed by atoms with E-state index in [1.165, 1.54) is 0 Å². The molecule has 0 amide bonds. The molecule has 0 aliphatic carbocycles. The fourth-order valence-corrected chi connectivity index (χ4v) is 5.84. The molecule has 1 aliphatic rings. The van der Waals surface area contributed by atoms with Gasteiger partial charge in [0.15, 0.2) is 0 Å². The van der Waals surface area contributed by atoms with Crippen molar-refractivity contribution < 1.29 is 18.3 Å². The fourth-order valence-electron chi connectivity index (χ4n) is 4.27. The van der Waals surface area contributed by atoms with Crippen LogP contribution in [0.2, 0.25) is 5.02 Å². The summed E-state index contributed by atoms with van der Waals surface area (Å²) in [7, 11) is -3.96. The van der Waals surface area contributed by atoms with Crippen molar-refractivity contribution >= 4 is 32.5 Å². The first kappa shape index (κ1) is 22.0. The summed E-state index contributed by atoms with van der Waals surface area (Å²) >= 11 is 6.01. The van der Waals surface area contributed by atoms with E-state index in [1.54, 1.807) is 18.2 Å². The quantitative estimate of drug-likeness (QED) is 0.366. The molecule has 170 valence electrons. The van der Waals surface area contributed by atoms with Crippen molar-refractivity contribution in [2.45, 2.75) is 23.8 Å². The molecule has 5 rings (SSSR count). The van der Waals surface area contributed by atoms with Gasteiger partial charge in [-0.2, -0.15) is 0 Å². The zero-order valence-corrected chi connectivity index (χ0v) is 19.3. The van der Waals surface area contributed by atoms with Crippen LogP contribution < -0.4 is 9.46 Å². The van der Waals surface area contributed by atoms with Gasteiger partial charge in [0.2, 0.25) is 10.0 Å². The number of rotatable bonds is 7. The van der Waals surface area contributed by atoms with Crippen LogP contribution in [0.4, 0.5) is 0 Å². The maximum atomic E-state index is 13.5. The van der Waals surface area contributed by atoms with Gasteiger partial charge < -0.3 is 14.8 Å². The highest BCUT2D eigenvalue weighted by Crippen LogP contribution is 2.37. The highest BCUT2D eigenvalue weighted by molar-refractivity contribution is 7.89. The van der Waals surface area contributed by atoms with Crippen molar-refractivity contribution in [3.8, 4) is 16.9 Å². The number of H-pyrrole nitrogens is 1. The summed E-state index contributed by atoms with van der Waals surface area (Å²) in [6, 6.07) is 17.9. The number of aliphatic hydroxyl groups is 1. The van der Waals surface area contributed by atoms with E-state index < -0.39 is 16.1 Å². The summed E-state index contributed by atoms with van der Waals surface area (Å²) in [6.45, 7) is 0.0966. The number of fused-ring (bicyclic) bond motifs is 2. The van der Waals surface area contributed by atoms with E-state index in [2.05, 4.69) is 9.71 Å². The normalized spacial score (nSPS) is 14.2. The number of halogens is 1. The van der Waals surface area contributed by atoms with Crippen molar-refractivity contribution in [3.63, 3.8) is 0 Å². The van der Waals surface area contributed by atoms with Crippen molar-refractivity contribution in [1.29, 1.82) is 0 Å². The molecule has 8 heteroatoms. The van der Waals surface area contributed by atoms with Gasteiger partial charge in [0, 0.05) is 34.6 Å². The number of aromatic nitrogens is 1. The third-order valence-corrected chi connectivity index (χ3v) is 7.68. The van der Waals surface area contributed by atoms with E-state index in [1.807, 2.05) is 48.7 Å². The molecule has 33 heavy (non-hydrogen) atoms. The molecule has 0 radical (unpaired) electrons. The number of ether oxygens (including phenoxy) is 1. The Hall–Kier alpha value is -2.84. The summed E-state index contributed by atoms with van der Waals surface area (Å²) in [4.78, 5) is 3.27. The van der Waals surface area contributed by atoms with Gasteiger partial charge in [-0.1, -0.05) is 41.9 Å². The topological polar surface area (TPSA) is 91.4 Å². The third kappa shape index (κ3) is 4.37. The van der Waals surface area contributed by atoms with Gasteiger partial charge in [-0.15, -0.1) is 0 Å². The number of sulfonamides is 1. The Balaban J connectivity index is 1.48. The number of hydrogen-bond acceptors (Lipinski definition) is 4. The van der Waals surface area contributed by atoms with Crippen LogP contribution in [0.25, 0.3) is 22.0 Å². The molecule has 6 nitrogen and oxygen atoms in total. The Kier molecular flexibility index (Phi) is 5.88. The fraction of sp³-hybridized carbons (Fsp3) is 0.200. The molecule has 3 aromatic carbocycles. The van der Waals surface area contributed by atoms with Gasteiger partial charge >= 0.3 is 0 Å². The molecule has 0 spiro atoms. The molecule has 1 atom stereocenters. The lowest BCUT2D eigenvalue weighted by Gasteiger charge is -2.18. The Morgan fingerprint density at radius 3 is 2.67 bits per heavy atom. The summed E-state index contributed by atoms with van der Waals surface area (Å²) in [6.07, 6.45) is 2.83. The van der Waals surface area contributed by atoms with Crippen molar-refractivity contribution in [2.75, 3.05) is 13.2 Å². The van der Waals surface area contributed by atoms with Crippen molar-refractivity contribution in [3.05, 3.63) is 83.0 Å². The van der Waals surface area contributed by atoms with E-state index in [-0.39, 0.29) is 11.5 Å². The van der Waals surface area contributed by atoms with E-state index in [0.29, 0.717) is 30.2 Å². The predicted molar refractivity (Wildman–Crippen MR) is 129 cm³/mol. The number of aromatic amines is 1. The van der Waals surface area contributed by atoms with Gasteiger partial charge in [0.25, 0.3) is 0 Å². The summed E-state index contributed by atoms with van der Waals surface area (Å²) in [5, 5.41) is 11.6. The van der Waals surface area contributed by atoms with Crippen LogP contribution in [0.3, 0.4) is 0 Å². The molecule has 0 saturated heterocycles. The zero-order valence-electron chi connectivity index (χ0n) is 17.7. The molecular weight excluding hydrogens is 460 g/mol. The van der Waals surface area contributed by atoms with Crippen LogP contribution in [0.15, 0.2) is 71.8 Å². The van der Waals surface area contributed by atoms with Gasteiger partial charge in [-0.05, 0) is 59.0 Å². The lowest BCUT2D eigenvalue weighted by Crippen LogP contribution is -2.39. The monoisotopic (exact) mass is 482 g/mol. The lowest BCUT2D eigenvalue weighted by molar-refractivity contribution is 0.256. The van der Waals surface area contributed by atoms with Crippen molar-refractivity contribution in [1.82, 2.24) is 9.71 Å². The second kappa shape index (κ2) is 8.83. The maximum Gasteiger partial charge on any atom is 0.244 e. The number of benzene rings is 3. The van der Waals surface area contributed by atoms with E-state index in [9.17, 15) is 13.5 Å². The first-order chi connectivity index (χ1) is 15.9. The highest BCUT2D eigenvalue weighted by Gasteiger charge is 2.29. The average molecular weight is 483 g/mol. The number of para-hydroxylation sites is 1. The van der Waals surface area contributed by atoms with Crippen LogP contribution in [-0.4, -0.2) is 37.8 Å². The second-order valence-corrected chi connectivity index (χ2v) is 10.3. The predicted octanol–water partition coefficient (Wildman–Crippen LogP) is 4.31. The lowest BCUT2D eigenvalue weighted by atomic mass is 10.0. The molecule has 1 aromatic heterocycles. The minimum atomic E-state index is -3.96. The third-order valence-electron chi connectivity index (χ3n) is 5.90. The molecule has 4 aromatic rings. The summed E-state index contributed by atoms with van der Waals surface area (Å²) in [5.74, 6) is 0.379. The number of aliphatic hydroxyl groups excluding tert-OH is 1. The molecule has 0 saturated carbocycles. The Morgan fingerprint density at radius 2 is 1.88 bits per heavy atom. The van der Waals surface area contributed by atoms with Gasteiger partial charge in [0.1, 0.15) is 10.6 Å². The van der Waals surface area contributed by atoms with Crippen LogP contribution in [-0.2, 0) is 22.9 Å². The van der Waals surface area contributed by atoms with Crippen molar-refractivity contribution in [2.24, 2.45) is 0 Å². The molecule has 1 aliphatic heterocycles. The SMILES string of the molecule is O=S(=O)(N[C@@H](CO)Cc1c[nH]c2ccccc12)c1cc(-c2ccc(Cl)cc2)cc2c1OCC2. The smallest absolute Gasteiger partial charge is 0.244 e. The molecule has 0 fully saturated rings. The van der Waals surface area contributed by atoms with Crippen LogP contribution in [0, 0.1) is 0 Å². The summed E-state index contributed by atoms with van der Waals surface area (Å²) in [5.41, 5.74) is 4.38. The number of hydrogen-bond donors (Lipinski definition) is 3. The van der Waals surface area contributed by atoms with Crippen LogP contribution >= 0.6 is 11.6 Å². The van der Waals surface area contributed by atoms with Gasteiger partial charge in [-0.25, -0.2) is 13.1 Å². The van der Waals surface area contributed by atoms with E-state index in [0.717, 1.165) is 33.2 Å². The Morgan fingerprint density at radius 1 is 1.09 bits per heavy atom. The minimum Gasteiger partial charge on any atom is -0.492 e. The molecule has 0 unspecified atom stereocenters. The summed E-state index contributed by atoms with van der Waals surface area (Å²) < 4.78 is 35.3. The molecular formula is C25H23ClN2O4S. The minimum absolute atomic E-state index is 0.0832. The van der Waals surface area contributed by atoms with Crippen LogP contribution in [0.5, 0.6) is 5.75 Å². The largest absolute Gasteiger partial charge is 0.492 e. The van der Waals surface area contributed by atoms with Crippen LogP contribution in [0.1, 0.15) is 11.1 Å². The van der Waals surface area contributed by atoms with E-state index >= 15 is 0 Å². The first-order valence-corrected chi connectivity index (χ1v) is 12.5. The molecule has 3 N–H and O–H groups in total.